The minimum atomic E-state index is 0.0614. The molecular formula is C17H15NO. The van der Waals surface area contributed by atoms with E-state index >= 15 is 0 Å². The van der Waals surface area contributed by atoms with Crippen LogP contribution in [0.3, 0.4) is 0 Å². The fourth-order valence-electron chi connectivity index (χ4n) is 2.07. The van der Waals surface area contributed by atoms with Crippen LogP contribution in [0.2, 0.25) is 0 Å². The second-order valence-corrected chi connectivity index (χ2v) is 4.61. The van der Waals surface area contributed by atoms with E-state index < -0.39 is 0 Å². The van der Waals surface area contributed by atoms with Gasteiger partial charge in [-0.2, -0.15) is 0 Å². The van der Waals surface area contributed by atoms with Gasteiger partial charge in [0.05, 0.1) is 0 Å². The number of benzene rings is 2. The second kappa shape index (κ2) is 5.11. The van der Waals surface area contributed by atoms with Crippen molar-refractivity contribution in [1.29, 1.82) is 0 Å². The van der Waals surface area contributed by atoms with Gasteiger partial charge in [-0.25, -0.2) is 0 Å². The van der Waals surface area contributed by atoms with Crippen molar-refractivity contribution in [2.75, 3.05) is 13.1 Å². The van der Waals surface area contributed by atoms with Crippen LogP contribution in [0.5, 0.6) is 0 Å². The van der Waals surface area contributed by atoms with Gasteiger partial charge in [-0.05, 0) is 5.56 Å². The van der Waals surface area contributed by atoms with E-state index in [4.69, 9.17) is 0 Å². The van der Waals surface area contributed by atoms with Gasteiger partial charge >= 0.3 is 0 Å². The lowest BCUT2D eigenvalue weighted by molar-refractivity contribution is 0.104. The molecule has 1 aliphatic rings. The van der Waals surface area contributed by atoms with Gasteiger partial charge in [0, 0.05) is 30.4 Å². The molecule has 0 bridgehead atoms. The summed E-state index contributed by atoms with van der Waals surface area (Å²) in [5.74, 6) is 0.0614. The van der Waals surface area contributed by atoms with Gasteiger partial charge in [-0.1, -0.05) is 60.7 Å². The van der Waals surface area contributed by atoms with E-state index in [1.807, 2.05) is 60.7 Å². The van der Waals surface area contributed by atoms with Gasteiger partial charge in [0.25, 0.3) is 0 Å². The average molecular weight is 249 g/mol. The van der Waals surface area contributed by atoms with E-state index in [1.165, 1.54) is 0 Å². The summed E-state index contributed by atoms with van der Waals surface area (Å²) in [6.45, 7) is 2.06. The molecule has 0 aliphatic carbocycles. The molecule has 2 nitrogen and oxygen atoms in total. The molecule has 0 unspecified atom stereocenters. The smallest absolute Gasteiger partial charge is 0.187 e. The highest BCUT2D eigenvalue weighted by atomic mass is 16.1. The summed E-state index contributed by atoms with van der Waals surface area (Å²) in [6, 6.07) is 19.5. The summed E-state index contributed by atoms with van der Waals surface area (Å²) in [5.41, 5.74) is 2.86. The number of ketones is 1. The van der Waals surface area contributed by atoms with Gasteiger partial charge in [-0.3, -0.25) is 4.79 Å². The van der Waals surface area contributed by atoms with E-state index in [-0.39, 0.29) is 5.78 Å². The zero-order valence-corrected chi connectivity index (χ0v) is 10.6. The van der Waals surface area contributed by atoms with Crippen LogP contribution >= 0.6 is 0 Å². The number of allylic oxidation sites excluding steroid dienone is 1. The number of carbonyl (C=O) groups excluding carboxylic acids is 1. The Bertz CT molecular complexity index is 598. The summed E-state index contributed by atoms with van der Waals surface area (Å²) in [4.78, 5) is 14.5. The Morgan fingerprint density at radius 3 is 1.89 bits per heavy atom. The zero-order valence-electron chi connectivity index (χ0n) is 10.6. The standard InChI is InChI=1S/C17H15NO/c19-17(15-9-5-2-6-10-15)13-16(18-11-12-18)14-7-3-1-4-8-14/h1-10,13H,11-12H2/b16-13+. The highest BCUT2D eigenvalue weighted by molar-refractivity contribution is 6.08. The Hall–Kier alpha value is -2.35. The summed E-state index contributed by atoms with van der Waals surface area (Å²) in [5, 5.41) is 0. The van der Waals surface area contributed by atoms with Crippen molar-refractivity contribution >= 4 is 11.5 Å². The fraction of sp³-hybridized carbons (Fsp3) is 0.118. The van der Waals surface area contributed by atoms with Crippen LogP contribution in [0.15, 0.2) is 66.7 Å². The van der Waals surface area contributed by atoms with Crippen LogP contribution in [-0.2, 0) is 0 Å². The highest BCUT2D eigenvalue weighted by Crippen LogP contribution is 2.25. The van der Waals surface area contributed by atoms with E-state index in [2.05, 4.69) is 4.90 Å². The Morgan fingerprint density at radius 2 is 1.37 bits per heavy atom. The Balaban J connectivity index is 1.93. The lowest BCUT2D eigenvalue weighted by atomic mass is 10.1. The summed E-state index contributed by atoms with van der Waals surface area (Å²) in [7, 11) is 0. The van der Waals surface area contributed by atoms with Crippen LogP contribution < -0.4 is 0 Å². The maximum atomic E-state index is 12.3. The third-order valence-electron chi connectivity index (χ3n) is 3.18. The first-order valence-corrected chi connectivity index (χ1v) is 6.46. The number of rotatable bonds is 4. The molecule has 0 saturated carbocycles. The van der Waals surface area contributed by atoms with E-state index in [0.717, 1.165) is 29.9 Å². The number of hydrogen-bond acceptors (Lipinski definition) is 2. The molecule has 19 heavy (non-hydrogen) atoms. The summed E-state index contributed by atoms with van der Waals surface area (Å²) < 4.78 is 0. The third-order valence-corrected chi connectivity index (χ3v) is 3.18. The predicted molar refractivity (Wildman–Crippen MR) is 76.8 cm³/mol. The van der Waals surface area contributed by atoms with Gasteiger partial charge < -0.3 is 4.90 Å². The maximum Gasteiger partial charge on any atom is 0.187 e. The second-order valence-electron chi connectivity index (χ2n) is 4.61. The van der Waals surface area contributed by atoms with Gasteiger partial charge in [-0.15, -0.1) is 0 Å². The van der Waals surface area contributed by atoms with Gasteiger partial charge in [0.1, 0.15) is 0 Å². The summed E-state index contributed by atoms with van der Waals surface area (Å²) >= 11 is 0. The first-order valence-electron chi connectivity index (χ1n) is 6.46. The van der Waals surface area contributed by atoms with Crippen molar-refractivity contribution in [3.8, 4) is 0 Å². The van der Waals surface area contributed by atoms with E-state index in [9.17, 15) is 4.79 Å². The maximum absolute atomic E-state index is 12.3. The van der Waals surface area contributed by atoms with Gasteiger partial charge in [0.15, 0.2) is 5.78 Å². The number of hydrogen-bond donors (Lipinski definition) is 0. The van der Waals surface area contributed by atoms with Crippen LogP contribution in [0.1, 0.15) is 15.9 Å². The molecule has 0 N–H and O–H groups in total. The minimum absolute atomic E-state index is 0.0614. The molecule has 0 aromatic heterocycles. The first-order chi connectivity index (χ1) is 9.34. The molecule has 1 saturated heterocycles. The first kappa shape index (κ1) is 11.7. The molecular weight excluding hydrogens is 234 g/mol. The molecule has 0 amide bonds. The average Bonchev–Trinajstić information content (AvgIpc) is 3.31. The van der Waals surface area contributed by atoms with Crippen molar-refractivity contribution in [1.82, 2.24) is 4.90 Å². The van der Waals surface area contributed by atoms with Crippen LogP contribution in [0.4, 0.5) is 0 Å². The predicted octanol–water partition coefficient (Wildman–Crippen LogP) is 3.23. The number of nitrogens with zero attached hydrogens (tertiary/aromatic N) is 1. The van der Waals surface area contributed by atoms with Gasteiger partial charge in [0.2, 0.25) is 0 Å². The monoisotopic (exact) mass is 249 g/mol. The fourth-order valence-corrected chi connectivity index (χ4v) is 2.07. The number of carbonyl (C=O) groups is 1. The molecule has 1 fully saturated rings. The lowest BCUT2D eigenvalue weighted by Gasteiger charge is -2.09. The van der Waals surface area contributed by atoms with Crippen LogP contribution in [-0.4, -0.2) is 23.8 Å². The zero-order chi connectivity index (χ0) is 13.1. The van der Waals surface area contributed by atoms with E-state index in [1.54, 1.807) is 6.08 Å². The van der Waals surface area contributed by atoms with Crippen molar-refractivity contribution in [2.24, 2.45) is 0 Å². The third kappa shape index (κ3) is 2.74. The summed E-state index contributed by atoms with van der Waals surface area (Å²) in [6.07, 6.45) is 1.75. The van der Waals surface area contributed by atoms with E-state index in [0.29, 0.717) is 0 Å². The Morgan fingerprint density at radius 1 is 0.842 bits per heavy atom. The molecule has 2 heteroatoms. The minimum Gasteiger partial charge on any atom is -0.367 e. The Labute approximate surface area is 113 Å². The van der Waals surface area contributed by atoms with Crippen LogP contribution in [0, 0.1) is 0 Å². The van der Waals surface area contributed by atoms with Crippen molar-refractivity contribution in [3.05, 3.63) is 77.9 Å². The SMILES string of the molecule is O=C(/C=C(\c1ccccc1)N1CC1)c1ccccc1. The molecule has 3 rings (SSSR count). The normalized spacial score (nSPS) is 14.3. The molecule has 2 aromatic carbocycles. The van der Waals surface area contributed by atoms with Crippen molar-refractivity contribution < 1.29 is 4.79 Å². The van der Waals surface area contributed by atoms with Crippen LogP contribution in [0.25, 0.3) is 5.70 Å². The molecule has 1 aliphatic heterocycles. The molecule has 2 aromatic rings. The molecule has 94 valence electrons. The molecule has 0 radical (unpaired) electrons. The quantitative estimate of drug-likeness (QED) is 0.471. The molecule has 0 atom stereocenters. The Kier molecular flexibility index (Phi) is 3.15. The van der Waals surface area contributed by atoms with Crippen molar-refractivity contribution in [3.63, 3.8) is 0 Å². The largest absolute Gasteiger partial charge is 0.367 e. The highest BCUT2D eigenvalue weighted by Gasteiger charge is 2.22. The lowest BCUT2D eigenvalue weighted by Crippen LogP contribution is -2.02. The van der Waals surface area contributed by atoms with Crippen molar-refractivity contribution in [2.45, 2.75) is 0 Å². The molecule has 1 heterocycles. The topological polar surface area (TPSA) is 20.1 Å². The molecule has 0 spiro atoms.